The van der Waals surface area contributed by atoms with E-state index in [4.69, 9.17) is 11.6 Å². The van der Waals surface area contributed by atoms with Gasteiger partial charge in [-0.05, 0) is 35.4 Å². The molecule has 1 fully saturated rings. The predicted octanol–water partition coefficient (Wildman–Crippen LogP) is 1.80. The van der Waals surface area contributed by atoms with Crippen LogP contribution in [0.25, 0.3) is 6.08 Å². The molecule has 0 unspecified atom stereocenters. The number of anilines is 1. The second kappa shape index (κ2) is 6.17. The molecule has 1 saturated heterocycles. The minimum absolute atomic E-state index is 0.0273. The maximum absolute atomic E-state index is 12.4. The molecule has 6 nitrogen and oxygen atoms in total. The van der Waals surface area contributed by atoms with Gasteiger partial charge in [-0.3, -0.25) is 4.79 Å². The first-order chi connectivity index (χ1) is 11.5. The lowest BCUT2D eigenvalue weighted by atomic mass is 10.1. The molecule has 24 heavy (non-hydrogen) atoms. The Labute approximate surface area is 142 Å². The number of carbonyl (C=O) groups excluding carboxylic acids is 3. The van der Waals surface area contributed by atoms with Crippen molar-refractivity contribution < 1.29 is 19.5 Å². The molecule has 1 aliphatic heterocycles. The highest BCUT2D eigenvalue weighted by Gasteiger charge is 2.34. The third kappa shape index (κ3) is 3.00. The van der Waals surface area contributed by atoms with Gasteiger partial charge in [-0.2, -0.15) is 0 Å². The van der Waals surface area contributed by atoms with Crippen LogP contribution in [0.2, 0.25) is 5.02 Å². The van der Waals surface area contributed by atoms with Gasteiger partial charge >= 0.3 is 6.03 Å². The summed E-state index contributed by atoms with van der Waals surface area (Å²) in [7, 11) is 0. The minimum Gasteiger partial charge on any atom is -0.545 e. The fraction of sp³-hybridized carbons (Fsp3) is 0. The molecule has 0 aliphatic carbocycles. The Morgan fingerprint density at radius 3 is 2.46 bits per heavy atom. The summed E-state index contributed by atoms with van der Waals surface area (Å²) >= 11 is 5.89. The number of urea groups is 1. The standard InChI is InChI=1S/C17H11ClN2O4/c18-12-2-1-3-13(9-12)20-15(21)14(19-17(20)24)8-10-4-6-11(7-5-10)16(22)23/h1-9H,(H,19,24)(H,22,23)/p-1. The third-order valence-corrected chi connectivity index (χ3v) is 3.64. The van der Waals surface area contributed by atoms with Crippen molar-refractivity contribution >= 4 is 41.3 Å². The van der Waals surface area contributed by atoms with Gasteiger partial charge < -0.3 is 15.2 Å². The van der Waals surface area contributed by atoms with Gasteiger partial charge in [0.2, 0.25) is 0 Å². The maximum atomic E-state index is 12.4. The van der Waals surface area contributed by atoms with Crippen molar-refractivity contribution in [3.8, 4) is 0 Å². The number of nitrogens with one attached hydrogen (secondary N) is 1. The SMILES string of the molecule is O=C([O-])c1ccc(C=C2NC(=O)N(c3cccc(Cl)c3)C2=O)cc1. The summed E-state index contributed by atoms with van der Waals surface area (Å²) in [6, 6.07) is 11.5. The topological polar surface area (TPSA) is 89.5 Å². The quantitative estimate of drug-likeness (QED) is 0.681. The summed E-state index contributed by atoms with van der Waals surface area (Å²) in [4.78, 5) is 36.2. The zero-order valence-electron chi connectivity index (χ0n) is 12.2. The van der Waals surface area contributed by atoms with Crippen LogP contribution in [0.5, 0.6) is 0 Å². The molecule has 0 aromatic heterocycles. The van der Waals surface area contributed by atoms with Crippen molar-refractivity contribution in [3.63, 3.8) is 0 Å². The zero-order chi connectivity index (χ0) is 17.3. The van der Waals surface area contributed by atoms with Crippen LogP contribution in [-0.2, 0) is 4.79 Å². The highest BCUT2D eigenvalue weighted by Crippen LogP contribution is 2.24. The molecule has 1 N–H and O–H groups in total. The third-order valence-electron chi connectivity index (χ3n) is 3.40. The molecule has 1 heterocycles. The van der Waals surface area contributed by atoms with E-state index in [2.05, 4.69) is 5.32 Å². The number of aromatic carboxylic acids is 1. The van der Waals surface area contributed by atoms with Crippen LogP contribution in [0.4, 0.5) is 10.5 Å². The van der Waals surface area contributed by atoms with Crippen LogP contribution in [0, 0.1) is 0 Å². The van der Waals surface area contributed by atoms with Gasteiger partial charge in [-0.15, -0.1) is 0 Å². The Bertz CT molecular complexity index is 874. The van der Waals surface area contributed by atoms with Gasteiger partial charge in [-0.1, -0.05) is 41.9 Å². The fourth-order valence-corrected chi connectivity index (χ4v) is 2.45. The molecule has 0 spiro atoms. The van der Waals surface area contributed by atoms with Gasteiger partial charge in [0.1, 0.15) is 5.70 Å². The highest BCUT2D eigenvalue weighted by atomic mass is 35.5. The van der Waals surface area contributed by atoms with Gasteiger partial charge in [0.15, 0.2) is 0 Å². The Hall–Kier alpha value is -3.12. The van der Waals surface area contributed by atoms with Crippen molar-refractivity contribution in [1.82, 2.24) is 5.32 Å². The number of carboxylic acid groups (broad SMARTS) is 1. The van der Waals surface area contributed by atoms with E-state index >= 15 is 0 Å². The second-order valence-electron chi connectivity index (χ2n) is 5.02. The molecule has 3 rings (SSSR count). The summed E-state index contributed by atoms with van der Waals surface area (Å²) in [5, 5.41) is 13.6. The molecule has 0 radical (unpaired) electrons. The van der Waals surface area contributed by atoms with E-state index in [-0.39, 0.29) is 11.3 Å². The average Bonchev–Trinajstić information content (AvgIpc) is 2.82. The van der Waals surface area contributed by atoms with E-state index in [1.54, 1.807) is 18.2 Å². The van der Waals surface area contributed by atoms with E-state index < -0.39 is 17.9 Å². The predicted molar refractivity (Wildman–Crippen MR) is 86.2 cm³/mol. The number of carboxylic acids is 1. The van der Waals surface area contributed by atoms with Crippen molar-refractivity contribution in [2.45, 2.75) is 0 Å². The zero-order valence-corrected chi connectivity index (χ0v) is 12.9. The smallest absolute Gasteiger partial charge is 0.333 e. The van der Waals surface area contributed by atoms with Crippen LogP contribution >= 0.6 is 11.6 Å². The number of benzene rings is 2. The van der Waals surface area contributed by atoms with Gasteiger partial charge in [-0.25, -0.2) is 9.69 Å². The second-order valence-corrected chi connectivity index (χ2v) is 5.45. The number of carbonyl (C=O) groups is 3. The number of imide groups is 1. The van der Waals surface area contributed by atoms with Crippen LogP contribution in [0.1, 0.15) is 15.9 Å². The normalized spacial score (nSPS) is 15.7. The summed E-state index contributed by atoms with van der Waals surface area (Å²) in [6.45, 7) is 0. The first-order valence-corrected chi connectivity index (χ1v) is 7.27. The number of hydrogen-bond acceptors (Lipinski definition) is 4. The van der Waals surface area contributed by atoms with Crippen LogP contribution in [0.3, 0.4) is 0 Å². The Morgan fingerprint density at radius 2 is 1.83 bits per heavy atom. The van der Waals surface area contributed by atoms with Gasteiger partial charge in [0, 0.05) is 5.02 Å². The molecule has 120 valence electrons. The van der Waals surface area contributed by atoms with E-state index in [1.807, 2.05) is 0 Å². The number of amides is 3. The van der Waals surface area contributed by atoms with E-state index in [1.165, 1.54) is 36.4 Å². The first kappa shape index (κ1) is 15.8. The molecule has 0 atom stereocenters. The van der Waals surface area contributed by atoms with Gasteiger partial charge in [0.25, 0.3) is 5.91 Å². The minimum atomic E-state index is -1.29. The van der Waals surface area contributed by atoms with Crippen LogP contribution in [0.15, 0.2) is 54.2 Å². The van der Waals surface area contributed by atoms with Crippen LogP contribution < -0.4 is 15.3 Å². The number of nitrogens with zero attached hydrogens (tertiary/aromatic N) is 1. The maximum Gasteiger partial charge on any atom is 0.333 e. The summed E-state index contributed by atoms with van der Waals surface area (Å²) in [6.07, 6.45) is 1.46. The van der Waals surface area contributed by atoms with E-state index in [0.717, 1.165) is 4.90 Å². The largest absolute Gasteiger partial charge is 0.545 e. The van der Waals surface area contributed by atoms with Crippen molar-refractivity contribution in [2.24, 2.45) is 0 Å². The lowest BCUT2D eigenvalue weighted by Gasteiger charge is -2.11. The monoisotopic (exact) mass is 341 g/mol. The lowest BCUT2D eigenvalue weighted by Crippen LogP contribution is -2.30. The van der Waals surface area contributed by atoms with E-state index in [9.17, 15) is 19.5 Å². The summed E-state index contributed by atoms with van der Waals surface area (Å²) < 4.78 is 0. The van der Waals surface area contributed by atoms with Crippen molar-refractivity contribution in [3.05, 3.63) is 70.4 Å². The molecule has 2 aromatic rings. The number of hydrogen-bond donors (Lipinski definition) is 1. The van der Waals surface area contributed by atoms with Crippen LogP contribution in [-0.4, -0.2) is 17.9 Å². The Kier molecular flexibility index (Phi) is 4.05. The lowest BCUT2D eigenvalue weighted by molar-refractivity contribution is -0.255. The highest BCUT2D eigenvalue weighted by molar-refractivity contribution is 6.32. The molecule has 2 aromatic carbocycles. The number of halogens is 1. The molecule has 0 saturated carbocycles. The first-order valence-electron chi connectivity index (χ1n) is 6.90. The molecular weight excluding hydrogens is 332 g/mol. The number of rotatable bonds is 3. The average molecular weight is 342 g/mol. The molecular formula is C17H10ClN2O4-. The molecule has 3 amide bonds. The fourth-order valence-electron chi connectivity index (χ4n) is 2.27. The van der Waals surface area contributed by atoms with Crippen molar-refractivity contribution in [1.29, 1.82) is 0 Å². The Balaban J connectivity index is 1.89. The van der Waals surface area contributed by atoms with Crippen molar-refractivity contribution in [2.75, 3.05) is 4.90 Å². The molecule has 7 heteroatoms. The summed E-state index contributed by atoms with van der Waals surface area (Å²) in [5.41, 5.74) is 1.04. The molecule has 1 aliphatic rings. The Morgan fingerprint density at radius 1 is 1.12 bits per heavy atom. The molecule has 0 bridgehead atoms. The summed E-state index contributed by atoms with van der Waals surface area (Å²) in [5.74, 6) is -1.81. The van der Waals surface area contributed by atoms with E-state index in [0.29, 0.717) is 16.3 Å². The van der Waals surface area contributed by atoms with Gasteiger partial charge in [0.05, 0.1) is 11.7 Å².